The smallest absolute Gasteiger partial charge is 0.180 e. The SMILES string of the molecule is CCCNc1nc(-c2ccc(Br)cn2)nc(C)c1Br. The highest BCUT2D eigenvalue weighted by Crippen LogP contribution is 2.26. The Morgan fingerprint density at radius 3 is 2.63 bits per heavy atom. The molecule has 0 atom stereocenters. The molecule has 0 aliphatic heterocycles. The van der Waals surface area contributed by atoms with Crippen molar-refractivity contribution >= 4 is 37.7 Å². The molecule has 0 bridgehead atoms. The van der Waals surface area contributed by atoms with Crippen LogP contribution in [0.15, 0.2) is 27.3 Å². The van der Waals surface area contributed by atoms with E-state index in [4.69, 9.17) is 0 Å². The number of halogens is 2. The van der Waals surface area contributed by atoms with Gasteiger partial charge in [0, 0.05) is 17.2 Å². The molecule has 0 aliphatic rings. The van der Waals surface area contributed by atoms with Crippen LogP contribution in [-0.4, -0.2) is 21.5 Å². The molecule has 2 aromatic rings. The first-order valence-electron chi connectivity index (χ1n) is 6.01. The van der Waals surface area contributed by atoms with Gasteiger partial charge in [0.25, 0.3) is 0 Å². The second kappa shape index (κ2) is 6.43. The minimum atomic E-state index is 0.631. The summed E-state index contributed by atoms with van der Waals surface area (Å²) in [6.07, 6.45) is 2.79. The summed E-state index contributed by atoms with van der Waals surface area (Å²) in [6.45, 7) is 4.94. The van der Waals surface area contributed by atoms with Crippen LogP contribution in [0.3, 0.4) is 0 Å². The Kier molecular flexibility index (Phi) is 4.87. The molecule has 0 fully saturated rings. The number of nitrogens with one attached hydrogen (secondary N) is 1. The first-order valence-corrected chi connectivity index (χ1v) is 7.60. The predicted octanol–water partition coefficient (Wildman–Crippen LogP) is 4.19. The number of rotatable bonds is 4. The van der Waals surface area contributed by atoms with E-state index in [0.29, 0.717) is 5.82 Å². The molecule has 4 nitrogen and oxygen atoms in total. The molecule has 0 amide bonds. The molecular formula is C13H14Br2N4. The first-order chi connectivity index (χ1) is 9.11. The van der Waals surface area contributed by atoms with Crippen molar-refractivity contribution in [3.05, 3.63) is 33.0 Å². The van der Waals surface area contributed by atoms with Crippen LogP contribution in [0.2, 0.25) is 0 Å². The summed E-state index contributed by atoms with van der Waals surface area (Å²) in [6, 6.07) is 3.83. The fourth-order valence-electron chi connectivity index (χ4n) is 1.54. The summed E-state index contributed by atoms with van der Waals surface area (Å²) in [4.78, 5) is 13.3. The molecule has 0 saturated carbocycles. The van der Waals surface area contributed by atoms with Crippen molar-refractivity contribution in [3.63, 3.8) is 0 Å². The normalized spacial score (nSPS) is 10.5. The van der Waals surface area contributed by atoms with Crippen molar-refractivity contribution in [2.75, 3.05) is 11.9 Å². The summed E-state index contributed by atoms with van der Waals surface area (Å²) < 4.78 is 1.84. The molecule has 0 aromatic carbocycles. The second-order valence-electron chi connectivity index (χ2n) is 4.08. The van der Waals surface area contributed by atoms with Gasteiger partial charge in [0.15, 0.2) is 5.82 Å². The second-order valence-corrected chi connectivity index (χ2v) is 5.79. The number of pyridine rings is 1. The van der Waals surface area contributed by atoms with Crippen molar-refractivity contribution < 1.29 is 0 Å². The molecule has 6 heteroatoms. The Morgan fingerprint density at radius 2 is 2.00 bits per heavy atom. The fraction of sp³-hybridized carbons (Fsp3) is 0.308. The Hall–Kier alpha value is -1.01. The number of aryl methyl sites for hydroxylation is 1. The van der Waals surface area contributed by atoms with Gasteiger partial charge < -0.3 is 5.32 Å². The number of hydrogen-bond donors (Lipinski definition) is 1. The Bertz CT molecular complexity index is 570. The predicted molar refractivity (Wildman–Crippen MR) is 84.2 cm³/mol. The Labute approximate surface area is 129 Å². The Morgan fingerprint density at radius 1 is 1.21 bits per heavy atom. The number of hydrogen-bond acceptors (Lipinski definition) is 4. The van der Waals surface area contributed by atoms with Gasteiger partial charge >= 0.3 is 0 Å². The van der Waals surface area contributed by atoms with Crippen LogP contribution in [-0.2, 0) is 0 Å². The van der Waals surface area contributed by atoms with E-state index in [0.717, 1.165) is 39.1 Å². The molecule has 0 spiro atoms. The maximum absolute atomic E-state index is 4.52. The fourth-order valence-corrected chi connectivity index (χ4v) is 2.09. The molecule has 0 radical (unpaired) electrons. The maximum atomic E-state index is 4.52. The van der Waals surface area contributed by atoms with E-state index >= 15 is 0 Å². The molecule has 0 aliphatic carbocycles. The zero-order valence-corrected chi connectivity index (χ0v) is 13.9. The van der Waals surface area contributed by atoms with Crippen LogP contribution in [0.1, 0.15) is 19.0 Å². The van der Waals surface area contributed by atoms with Crippen LogP contribution in [0, 0.1) is 6.92 Å². The number of nitrogens with zero attached hydrogens (tertiary/aromatic N) is 3. The van der Waals surface area contributed by atoms with E-state index in [1.54, 1.807) is 6.20 Å². The van der Waals surface area contributed by atoms with Crippen molar-refractivity contribution in [1.82, 2.24) is 15.0 Å². The van der Waals surface area contributed by atoms with Crippen LogP contribution < -0.4 is 5.32 Å². The van der Waals surface area contributed by atoms with Gasteiger partial charge in [-0.1, -0.05) is 6.92 Å². The average molecular weight is 386 g/mol. The summed E-state index contributed by atoms with van der Waals surface area (Å²) in [5, 5.41) is 3.29. The zero-order chi connectivity index (χ0) is 13.8. The molecule has 0 saturated heterocycles. The van der Waals surface area contributed by atoms with E-state index in [9.17, 15) is 0 Å². The van der Waals surface area contributed by atoms with Gasteiger partial charge in [-0.3, -0.25) is 4.98 Å². The quantitative estimate of drug-likeness (QED) is 0.856. The molecule has 1 N–H and O–H groups in total. The molecular weight excluding hydrogens is 372 g/mol. The zero-order valence-electron chi connectivity index (χ0n) is 10.7. The number of anilines is 1. The van der Waals surface area contributed by atoms with Gasteiger partial charge in [0.05, 0.1) is 10.2 Å². The summed E-state index contributed by atoms with van der Waals surface area (Å²) in [5.74, 6) is 1.45. The minimum absolute atomic E-state index is 0.631. The van der Waals surface area contributed by atoms with Gasteiger partial charge in [-0.05, 0) is 57.3 Å². The minimum Gasteiger partial charge on any atom is -0.369 e. The highest BCUT2D eigenvalue weighted by molar-refractivity contribution is 9.10. The van der Waals surface area contributed by atoms with E-state index < -0.39 is 0 Å². The molecule has 2 rings (SSSR count). The third-order valence-electron chi connectivity index (χ3n) is 2.52. The maximum Gasteiger partial charge on any atom is 0.180 e. The summed E-state index contributed by atoms with van der Waals surface area (Å²) in [7, 11) is 0. The summed E-state index contributed by atoms with van der Waals surface area (Å²) in [5.41, 5.74) is 1.66. The van der Waals surface area contributed by atoms with Crippen LogP contribution in [0.25, 0.3) is 11.5 Å². The summed E-state index contributed by atoms with van der Waals surface area (Å²) >= 11 is 6.88. The molecule has 0 unspecified atom stereocenters. The monoisotopic (exact) mass is 384 g/mol. The highest BCUT2D eigenvalue weighted by atomic mass is 79.9. The van der Waals surface area contributed by atoms with Gasteiger partial charge in [-0.25, -0.2) is 9.97 Å². The average Bonchev–Trinajstić information content (AvgIpc) is 2.41. The van der Waals surface area contributed by atoms with Gasteiger partial charge in [-0.2, -0.15) is 0 Å². The highest BCUT2D eigenvalue weighted by Gasteiger charge is 2.11. The van der Waals surface area contributed by atoms with E-state index in [2.05, 4.69) is 59.1 Å². The molecule has 2 heterocycles. The third-order valence-corrected chi connectivity index (χ3v) is 3.93. The Balaban J connectivity index is 2.40. The largest absolute Gasteiger partial charge is 0.369 e. The molecule has 100 valence electrons. The van der Waals surface area contributed by atoms with Crippen molar-refractivity contribution in [1.29, 1.82) is 0 Å². The number of aromatic nitrogens is 3. The van der Waals surface area contributed by atoms with E-state index in [1.165, 1.54) is 0 Å². The lowest BCUT2D eigenvalue weighted by Gasteiger charge is -2.10. The lowest BCUT2D eigenvalue weighted by atomic mass is 10.3. The third kappa shape index (κ3) is 3.51. The van der Waals surface area contributed by atoms with Crippen molar-refractivity contribution in [3.8, 4) is 11.5 Å². The lowest BCUT2D eigenvalue weighted by Crippen LogP contribution is -2.06. The van der Waals surface area contributed by atoms with Crippen LogP contribution >= 0.6 is 31.9 Å². The van der Waals surface area contributed by atoms with E-state index in [1.807, 2.05) is 19.1 Å². The van der Waals surface area contributed by atoms with Gasteiger partial charge in [-0.15, -0.1) is 0 Å². The van der Waals surface area contributed by atoms with E-state index in [-0.39, 0.29) is 0 Å². The van der Waals surface area contributed by atoms with Gasteiger partial charge in [0.2, 0.25) is 0 Å². The van der Waals surface area contributed by atoms with Crippen LogP contribution in [0.4, 0.5) is 5.82 Å². The standard InChI is InChI=1S/C13H14Br2N4/c1-3-6-16-13-11(15)8(2)18-12(19-13)10-5-4-9(14)7-17-10/h4-5,7H,3,6H2,1-2H3,(H,16,18,19). The van der Waals surface area contributed by atoms with Crippen molar-refractivity contribution in [2.24, 2.45) is 0 Å². The lowest BCUT2D eigenvalue weighted by molar-refractivity contribution is 0.957. The molecule has 2 aromatic heterocycles. The van der Waals surface area contributed by atoms with Crippen molar-refractivity contribution in [2.45, 2.75) is 20.3 Å². The topological polar surface area (TPSA) is 50.7 Å². The molecule has 19 heavy (non-hydrogen) atoms. The first kappa shape index (κ1) is 14.4. The van der Waals surface area contributed by atoms with Gasteiger partial charge in [0.1, 0.15) is 11.5 Å². The van der Waals surface area contributed by atoms with Crippen LogP contribution in [0.5, 0.6) is 0 Å².